The molecule has 2 amide bonds. The molecule has 0 fully saturated rings. The molecule has 1 aliphatic heterocycles. The molecule has 2 N–H and O–H groups in total. The van der Waals surface area contributed by atoms with E-state index in [0.29, 0.717) is 24.6 Å². The fourth-order valence-electron chi connectivity index (χ4n) is 3.37. The first-order valence-corrected chi connectivity index (χ1v) is 9.31. The number of anilines is 1. The number of hydrogen-bond acceptors (Lipinski definition) is 4. The second-order valence-corrected chi connectivity index (χ2v) is 6.89. The van der Waals surface area contributed by atoms with E-state index in [-0.39, 0.29) is 11.8 Å². The van der Waals surface area contributed by atoms with Gasteiger partial charge in [0.25, 0.3) is 5.91 Å². The van der Waals surface area contributed by atoms with Gasteiger partial charge in [-0.05, 0) is 56.4 Å². The maximum absolute atomic E-state index is 12.8. The van der Waals surface area contributed by atoms with Crippen LogP contribution in [-0.4, -0.2) is 34.7 Å². The Bertz CT molecular complexity index is 844. The predicted octanol–water partition coefficient (Wildman–Crippen LogP) is 2.54. The van der Waals surface area contributed by atoms with E-state index >= 15 is 0 Å². The third-order valence-electron chi connectivity index (χ3n) is 4.82. The summed E-state index contributed by atoms with van der Waals surface area (Å²) < 4.78 is 7.38. The van der Waals surface area contributed by atoms with Crippen LogP contribution in [0.25, 0.3) is 0 Å². The molecule has 0 spiro atoms. The summed E-state index contributed by atoms with van der Waals surface area (Å²) in [7, 11) is 0. The number of ether oxygens (including phenoxy) is 1. The molecule has 0 bridgehead atoms. The summed E-state index contributed by atoms with van der Waals surface area (Å²) in [5.74, 6) is 0.912. The van der Waals surface area contributed by atoms with E-state index in [1.807, 2.05) is 36.7 Å². The second-order valence-electron chi connectivity index (χ2n) is 6.89. The third-order valence-corrected chi connectivity index (χ3v) is 4.82. The first-order valence-electron chi connectivity index (χ1n) is 9.31. The van der Waals surface area contributed by atoms with Crippen molar-refractivity contribution in [2.24, 2.45) is 5.92 Å². The summed E-state index contributed by atoms with van der Waals surface area (Å²) in [5, 5.41) is 10.2. The molecule has 0 radical (unpaired) electrons. The van der Waals surface area contributed by atoms with Gasteiger partial charge in [0.05, 0.1) is 24.1 Å². The molecule has 1 aromatic carbocycles. The molecule has 0 unspecified atom stereocenters. The lowest BCUT2D eigenvalue weighted by Crippen LogP contribution is -2.32. The third kappa shape index (κ3) is 4.48. The van der Waals surface area contributed by atoms with Gasteiger partial charge in [-0.2, -0.15) is 5.10 Å². The number of rotatable bonds is 6. The van der Waals surface area contributed by atoms with E-state index in [4.69, 9.17) is 4.74 Å². The topological polar surface area (TPSA) is 85.2 Å². The minimum absolute atomic E-state index is 0.0296. The van der Waals surface area contributed by atoms with Crippen LogP contribution in [-0.2, 0) is 17.8 Å². The molecule has 1 aliphatic rings. The fraction of sp³-hybridized carbons (Fsp3) is 0.450. The number of aryl methyl sites for hydroxylation is 2. The Morgan fingerprint density at radius 1 is 1.37 bits per heavy atom. The lowest BCUT2D eigenvalue weighted by molar-refractivity contribution is -0.119. The Kier molecular flexibility index (Phi) is 5.78. The number of nitrogens with zero attached hydrogens (tertiary/aromatic N) is 2. The minimum Gasteiger partial charge on any atom is -0.494 e. The first kappa shape index (κ1) is 18.9. The number of nitrogens with one attached hydrogen (secondary N) is 2. The fourth-order valence-corrected chi connectivity index (χ4v) is 3.37. The van der Waals surface area contributed by atoms with Gasteiger partial charge >= 0.3 is 0 Å². The highest BCUT2D eigenvalue weighted by Crippen LogP contribution is 2.25. The van der Waals surface area contributed by atoms with Crippen LogP contribution < -0.4 is 15.4 Å². The zero-order chi connectivity index (χ0) is 19.4. The quantitative estimate of drug-likeness (QED) is 0.818. The highest BCUT2D eigenvalue weighted by atomic mass is 16.5. The number of carbonyl (C=O) groups excluding carboxylic acids is 2. The molecule has 7 heteroatoms. The van der Waals surface area contributed by atoms with Crippen molar-refractivity contribution in [1.29, 1.82) is 0 Å². The van der Waals surface area contributed by atoms with Gasteiger partial charge in [-0.1, -0.05) is 0 Å². The molecule has 7 nitrogen and oxygen atoms in total. The van der Waals surface area contributed by atoms with Crippen molar-refractivity contribution in [3.05, 3.63) is 41.2 Å². The number of hydrogen-bond donors (Lipinski definition) is 2. The van der Waals surface area contributed by atoms with E-state index in [1.54, 1.807) is 6.20 Å². The average Bonchev–Trinajstić information content (AvgIpc) is 3.06. The lowest BCUT2D eigenvalue weighted by atomic mass is 9.94. The van der Waals surface area contributed by atoms with Gasteiger partial charge in [0.1, 0.15) is 5.75 Å². The highest BCUT2D eigenvalue weighted by Gasteiger charge is 2.25. The van der Waals surface area contributed by atoms with Gasteiger partial charge in [0.2, 0.25) is 5.91 Å². The highest BCUT2D eigenvalue weighted by molar-refractivity contribution is 6.05. The molecule has 27 heavy (non-hydrogen) atoms. The molecular formula is C20H26N4O3. The van der Waals surface area contributed by atoms with Crippen LogP contribution in [0.1, 0.15) is 41.9 Å². The molecule has 0 saturated carbocycles. The number of benzene rings is 1. The number of fused-ring (bicyclic) bond motifs is 1. The van der Waals surface area contributed by atoms with Crippen LogP contribution in [0, 0.1) is 12.8 Å². The molecule has 144 valence electrons. The standard InChI is InChI=1S/C20H26N4O3/c1-4-27-16-5-6-18(13(2)9-16)23-20(26)17-12-22-24-8-7-15(10-19(17)24)11-21-14(3)25/h5-6,9,12,15H,4,7-8,10-11H2,1-3H3,(H,21,25)(H,23,26)/t15-/m1/s1. The van der Waals surface area contributed by atoms with E-state index in [0.717, 1.165) is 42.1 Å². The van der Waals surface area contributed by atoms with Crippen LogP contribution in [0.15, 0.2) is 24.4 Å². The van der Waals surface area contributed by atoms with Crippen molar-refractivity contribution in [1.82, 2.24) is 15.1 Å². The van der Waals surface area contributed by atoms with E-state index in [9.17, 15) is 9.59 Å². The van der Waals surface area contributed by atoms with Crippen LogP contribution in [0.3, 0.4) is 0 Å². The zero-order valence-corrected chi connectivity index (χ0v) is 16.0. The Balaban J connectivity index is 1.72. The van der Waals surface area contributed by atoms with E-state index < -0.39 is 0 Å². The molecule has 1 atom stereocenters. The van der Waals surface area contributed by atoms with Gasteiger partial charge in [0, 0.05) is 25.7 Å². The van der Waals surface area contributed by atoms with Crippen molar-refractivity contribution in [2.45, 2.75) is 40.2 Å². The largest absolute Gasteiger partial charge is 0.494 e. The van der Waals surface area contributed by atoms with Crippen LogP contribution >= 0.6 is 0 Å². The lowest BCUT2D eigenvalue weighted by Gasteiger charge is -2.24. The normalized spacial score (nSPS) is 15.7. The Hall–Kier alpha value is -2.83. The first-order chi connectivity index (χ1) is 13.0. The van der Waals surface area contributed by atoms with Gasteiger partial charge in [0.15, 0.2) is 0 Å². The molecule has 3 rings (SSSR count). The van der Waals surface area contributed by atoms with Crippen molar-refractivity contribution in [3.63, 3.8) is 0 Å². The maximum atomic E-state index is 12.8. The molecule has 2 heterocycles. The summed E-state index contributed by atoms with van der Waals surface area (Å²) >= 11 is 0. The molecule has 1 aromatic heterocycles. The van der Waals surface area contributed by atoms with Crippen LogP contribution in [0.2, 0.25) is 0 Å². The van der Waals surface area contributed by atoms with Crippen LogP contribution in [0.4, 0.5) is 5.69 Å². The minimum atomic E-state index is -0.163. The van der Waals surface area contributed by atoms with Crippen molar-refractivity contribution < 1.29 is 14.3 Å². The van der Waals surface area contributed by atoms with Crippen molar-refractivity contribution in [2.75, 3.05) is 18.5 Å². The molecule has 0 saturated heterocycles. The monoisotopic (exact) mass is 370 g/mol. The Morgan fingerprint density at radius 3 is 2.89 bits per heavy atom. The van der Waals surface area contributed by atoms with Crippen molar-refractivity contribution in [3.8, 4) is 5.75 Å². The number of amides is 2. The summed E-state index contributed by atoms with van der Waals surface area (Å²) in [5.41, 5.74) is 3.22. The molecular weight excluding hydrogens is 344 g/mol. The van der Waals surface area contributed by atoms with E-state index in [1.165, 1.54) is 6.92 Å². The second kappa shape index (κ2) is 8.24. The van der Waals surface area contributed by atoms with Gasteiger partial charge < -0.3 is 15.4 Å². The van der Waals surface area contributed by atoms with Crippen LogP contribution in [0.5, 0.6) is 5.75 Å². The Labute approximate surface area is 159 Å². The summed E-state index contributed by atoms with van der Waals surface area (Å²) in [6.45, 7) is 7.38. The summed E-state index contributed by atoms with van der Waals surface area (Å²) in [6, 6.07) is 5.62. The number of aromatic nitrogens is 2. The number of carbonyl (C=O) groups is 2. The summed E-state index contributed by atoms with van der Waals surface area (Å²) in [4.78, 5) is 24.0. The zero-order valence-electron chi connectivity index (χ0n) is 16.0. The van der Waals surface area contributed by atoms with E-state index in [2.05, 4.69) is 15.7 Å². The SMILES string of the molecule is CCOc1ccc(NC(=O)c2cnn3c2C[C@H](CNC(C)=O)CC3)c(C)c1. The molecule has 2 aromatic rings. The maximum Gasteiger partial charge on any atom is 0.259 e. The summed E-state index contributed by atoms with van der Waals surface area (Å²) in [6.07, 6.45) is 3.30. The molecule has 0 aliphatic carbocycles. The van der Waals surface area contributed by atoms with Gasteiger partial charge in [-0.25, -0.2) is 0 Å². The smallest absolute Gasteiger partial charge is 0.259 e. The Morgan fingerprint density at radius 2 is 2.19 bits per heavy atom. The van der Waals surface area contributed by atoms with Gasteiger partial charge in [-0.3, -0.25) is 14.3 Å². The van der Waals surface area contributed by atoms with Gasteiger partial charge in [-0.15, -0.1) is 0 Å². The van der Waals surface area contributed by atoms with Crippen molar-refractivity contribution >= 4 is 17.5 Å². The average molecular weight is 370 g/mol. The predicted molar refractivity (Wildman–Crippen MR) is 103 cm³/mol.